The number of carbonyl (C=O) groups excluding carboxylic acids is 1. The van der Waals surface area contributed by atoms with Gasteiger partial charge in [-0.25, -0.2) is 0 Å². The standard InChI is InChI=1S/C30H48O6/c1-19-7-9-22-27(12-11-21(31)29(32,35-22)17-15-27)25(19,5)13-14-26(6)20(2)8-10-23-28(26)16-18-30(33,36-28)24(3,4)34-23/h19-20,22-23,32-33H,7-18H2,1-6H3/t19-,20-,22-,23-,25+,26-,27?,28?,29?,30?/m0/s1. The Labute approximate surface area is 216 Å². The Morgan fingerprint density at radius 3 is 2.14 bits per heavy atom. The van der Waals surface area contributed by atoms with Crippen LogP contribution in [-0.2, 0) is 19.0 Å². The Bertz CT molecular complexity index is 950. The van der Waals surface area contributed by atoms with Crippen LogP contribution >= 0.6 is 0 Å². The Morgan fingerprint density at radius 1 is 0.778 bits per heavy atom. The number of carbonyl (C=O) groups is 1. The number of aliphatic hydroxyl groups is 2. The largest absolute Gasteiger partial charge is 0.364 e. The summed E-state index contributed by atoms with van der Waals surface area (Å²) in [5.41, 5.74) is -1.39. The summed E-state index contributed by atoms with van der Waals surface area (Å²) in [6, 6.07) is 0. The van der Waals surface area contributed by atoms with Crippen molar-refractivity contribution in [2.24, 2.45) is 28.1 Å². The minimum Gasteiger partial charge on any atom is -0.364 e. The van der Waals surface area contributed by atoms with Crippen LogP contribution in [0.4, 0.5) is 0 Å². The van der Waals surface area contributed by atoms with Crippen molar-refractivity contribution in [3.63, 3.8) is 0 Å². The Balaban J connectivity index is 1.34. The molecule has 36 heavy (non-hydrogen) atoms. The highest BCUT2D eigenvalue weighted by Gasteiger charge is 2.73. The third kappa shape index (κ3) is 2.94. The van der Waals surface area contributed by atoms with Crippen LogP contribution in [0.3, 0.4) is 0 Å². The third-order valence-corrected chi connectivity index (χ3v) is 13.3. The highest BCUT2D eigenvalue weighted by atomic mass is 16.7. The number of hydrogen-bond acceptors (Lipinski definition) is 6. The maximum Gasteiger partial charge on any atom is 0.226 e. The van der Waals surface area contributed by atoms with E-state index in [0.717, 1.165) is 57.8 Å². The molecular weight excluding hydrogens is 456 g/mol. The van der Waals surface area contributed by atoms with Crippen molar-refractivity contribution in [3.05, 3.63) is 0 Å². The van der Waals surface area contributed by atoms with Crippen LogP contribution in [0.5, 0.6) is 0 Å². The molecule has 0 aromatic carbocycles. The van der Waals surface area contributed by atoms with Crippen molar-refractivity contribution in [3.8, 4) is 0 Å². The predicted molar refractivity (Wildman–Crippen MR) is 135 cm³/mol. The lowest BCUT2D eigenvalue weighted by Crippen LogP contribution is -2.70. The summed E-state index contributed by atoms with van der Waals surface area (Å²) in [5.74, 6) is -1.97. The third-order valence-electron chi connectivity index (χ3n) is 13.3. The molecule has 3 aliphatic carbocycles. The van der Waals surface area contributed by atoms with Crippen LogP contribution in [0.15, 0.2) is 0 Å². The number of fused-ring (bicyclic) bond motifs is 4. The number of ether oxygens (including phenoxy) is 3. The zero-order chi connectivity index (χ0) is 26.0. The molecule has 2 N–H and O–H groups in total. The first-order valence-corrected chi connectivity index (χ1v) is 14.7. The second-order valence-corrected chi connectivity index (χ2v) is 14.7. The maximum absolute atomic E-state index is 12.8. The molecule has 7 fully saturated rings. The van der Waals surface area contributed by atoms with E-state index in [1.807, 2.05) is 13.8 Å². The first kappa shape index (κ1) is 25.7. The normalized spacial score (nSPS) is 57.7. The summed E-state index contributed by atoms with van der Waals surface area (Å²) in [4.78, 5) is 12.8. The SMILES string of the molecule is C[C@H]1CC[C@@H]2OC(C)(C)C3(O)CCC2(O3)[C@@]1(C)CC[C@]1(C)[C@@H](C)CC[C@@H]2OC3(O)CCC21CCC3=O. The minimum absolute atomic E-state index is 0.00210. The van der Waals surface area contributed by atoms with E-state index in [1.165, 1.54) is 0 Å². The molecule has 10 atom stereocenters. The maximum atomic E-state index is 12.8. The van der Waals surface area contributed by atoms with Crippen LogP contribution in [0, 0.1) is 28.1 Å². The van der Waals surface area contributed by atoms with Crippen molar-refractivity contribution in [1.29, 1.82) is 0 Å². The lowest BCUT2D eigenvalue weighted by Gasteiger charge is -2.64. The molecule has 7 rings (SSSR count). The molecule has 0 aromatic heterocycles. The van der Waals surface area contributed by atoms with E-state index in [0.29, 0.717) is 31.1 Å². The molecule has 0 amide bonds. The second-order valence-electron chi connectivity index (χ2n) is 14.7. The van der Waals surface area contributed by atoms with Crippen LogP contribution in [0.2, 0.25) is 0 Å². The van der Waals surface area contributed by atoms with Crippen molar-refractivity contribution in [2.45, 2.75) is 154 Å². The van der Waals surface area contributed by atoms with Gasteiger partial charge in [0.05, 0.1) is 12.2 Å². The molecule has 4 aliphatic heterocycles. The van der Waals surface area contributed by atoms with E-state index >= 15 is 0 Å². The molecule has 4 saturated heterocycles. The summed E-state index contributed by atoms with van der Waals surface area (Å²) >= 11 is 0. The summed E-state index contributed by atoms with van der Waals surface area (Å²) < 4.78 is 19.8. The molecule has 6 heteroatoms. The van der Waals surface area contributed by atoms with Gasteiger partial charge in [0.15, 0.2) is 11.6 Å². The van der Waals surface area contributed by atoms with E-state index < -0.39 is 22.8 Å². The van der Waals surface area contributed by atoms with Gasteiger partial charge >= 0.3 is 0 Å². The summed E-state index contributed by atoms with van der Waals surface area (Å²) in [5, 5.41) is 22.5. The van der Waals surface area contributed by atoms with Crippen molar-refractivity contribution < 1.29 is 29.2 Å². The fourth-order valence-electron chi connectivity index (χ4n) is 10.1. The molecule has 7 aliphatic rings. The highest BCUT2D eigenvalue weighted by molar-refractivity contribution is 5.86. The summed E-state index contributed by atoms with van der Waals surface area (Å²) in [7, 11) is 0. The zero-order valence-electron chi connectivity index (χ0n) is 23.3. The Hall–Kier alpha value is -0.530. The predicted octanol–water partition coefficient (Wildman–Crippen LogP) is 5.27. The first-order chi connectivity index (χ1) is 16.7. The number of hydrogen-bond donors (Lipinski definition) is 2. The van der Waals surface area contributed by atoms with Crippen LogP contribution < -0.4 is 0 Å². The van der Waals surface area contributed by atoms with E-state index in [1.54, 1.807) is 0 Å². The molecule has 204 valence electrons. The van der Waals surface area contributed by atoms with Crippen molar-refractivity contribution >= 4 is 5.78 Å². The lowest BCUT2D eigenvalue weighted by atomic mass is 9.45. The van der Waals surface area contributed by atoms with Crippen LogP contribution in [0.1, 0.15) is 119 Å². The average Bonchev–Trinajstić information content (AvgIpc) is 3.05. The number of Topliss-reactive ketones (excluding diaryl/α,β-unsaturated/α-hetero) is 1. The van der Waals surface area contributed by atoms with Gasteiger partial charge in [0, 0.05) is 30.1 Å². The van der Waals surface area contributed by atoms with E-state index in [4.69, 9.17) is 14.2 Å². The van der Waals surface area contributed by atoms with Gasteiger partial charge in [0.1, 0.15) is 11.2 Å². The van der Waals surface area contributed by atoms with Gasteiger partial charge < -0.3 is 24.4 Å². The average molecular weight is 505 g/mol. The Morgan fingerprint density at radius 2 is 1.42 bits per heavy atom. The lowest BCUT2D eigenvalue weighted by molar-refractivity contribution is -0.410. The van der Waals surface area contributed by atoms with Gasteiger partial charge in [0.25, 0.3) is 0 Å². The molecule has 2 spiro atoms. The molecule has 0 aromatic rings. The van der Waals surface area contributed by atoms with Crippen molar-refractivity contribution in [1.82, 2.24) is 0 Å². The van der Waals surface area contributed by atoms with Gasteiger partial charge in [0.2, 0.25) is 5.79 Å². The molecule has 3 saturated carbocycles. The van der Waals surface area contributed by atoms with Crippen molar-refractivity contribution in [2.75, 3.05) is 0 Å². The van der Waals surface area contributed by atoms with Gasteiger partial charge in [-0.1, -0.05) is 27.7 Å². The number of rotatable bonds is 3. The first-order valence-electron chi connectivity index (χ1n) is 14.7. The molecule has 0 radical (unpaired) electrons. The molecule has 6 nitrogen and oxygen atoms in total. The number of ketones is 1. The molecular formula is C30H48O6. The summed E-state index contributed by atoms with van der Waals surface area (Å²) in [6.45, 7) is 13.6. The van der Waals surface area contributed by atoms with Crippen LogP contribution in [-0.4, -0.2) is 51.0 Å². The fourth-order valence-corrected chi connectivity index (χ4v) is 10.1. The Kier molecular flexibility index (Phi) is 5.40. The monoisotopic (exact) mass is 504 g/mol. The van der Waals surface area contributed by atoms with Gasteiger partial charge in [-0.2, -0.15) is 0 Å². The van der Waals surface area contributed by atoms with Gasteiger partial charge in [-0.15, -0.1) is 0 Å². The van der Waals surface area contributed by atoms with E-state index in [2.05, 4.69) is 27.7 Å². The zero-order valence-corrected chi connectivity index (χ0v) is 23.3. The van der Waals surface area contributed by atoms with Crippen LogP contribution in [0.25, 0.3) is 0 Å². The summed E-state index contributed by atoms with van der Waals surface area (Å²) in [6.07, 6.45) is 9.98. The van der Waals surface area contributed by atoms with E-state index in [9.17, 15) is 15.0 Å². The smallest absolute Gasteiger partial charge is 0.226 e. The molecule has 4 heterocycles. The fraction of sp³-hybridized carbons (Fsp3) is 0.967. The molecule has 4 unspecified atom stereocenters. The van der Waals surface area contributed by atoms with E-state index in [-0.39, 0.29) is 34.2 Å². The van der Waals surface area contributed by atoms with Gasteiger partial charge in [-0.05, 0) is 88.9 Å². The topological polar surface area (TPSA) is 85.2 Å². The quantitative estimate of drug-likeness (QED) is 0.545. The second kappa shape index (κ2) is 7.56. The minimum atomic E-state index is -1.57. The van der Waals surface area contributed by atoms with Gasteiger partial charge in [-0.3, -0.25) is 4.79 Å². The molecule has 4 bridgehead atoms. The highest BCUT2D eigenvalue weighted by Crippen LogP contribution is 2.69.